The van der Waals surface area contributed by atoms with Crippen LogP contribution in [0.4, 0.5) is 0 Å². The van der Waals surface area contributed by atoms with E-state index < -0.39 is 11.7 Å². The fourth-order valence-electron chi connectivity index (χ4n) is 4.22. The van der Waals surface area contributed by atoms with Crippen molar-refractivity contribution in [3.05, 3.63) is 96.1 Å². The van der Waals surface area contributed by atoms with Gasteiger partial charge in [0.2, 0.25) is 0 Å². The van der Waals surface area contributed by atoms with Crippen LogP contribution in [0.5, 0.6) is 11.5 Å². The Morgan fingerprint density at radius 1 is 0.758 bits per heavy atom. The number of aliphatic hydroxyl groups is 2. The van der Waals surface area contributed by atoms with Crippen molar-refractivity contribution < 1.29 is 19.7 Å². The van der Waals surface area contributed by atoms with Crippen LogP contribution >= 0.6 is 0 Å². The van der Waals surface area contributed by atoms with Gasteiger partial charge in [-0.2, -0.15) is 0 Å². The molecule has 4 rings (SSSR count). The second kappa shape index (κ2) is 11.3. The Morgan fingerprint density at radius 2 is 1.30 bits per heavy atom. The lowest BCUT2D eigenvalue weighted by Gasteiger charge is -2.39. The molecule has 1 fully saturated rings. The molecular formula is C28H33NO4. The van der Waals surface area contributed by atoms with E-state index in [1.54, 1.807) is 0 Å². The van der Waals surface area contributed by atoms with E-state index in [0.717, 1.165) is 24.4 Å². The van der Waals surface area contributed by atoms with Crippen molar-refractivity contribution in [2.24, 2.45) is 0 Å². The van der Waals surface area contributed by atoms with Crippen molar-refractivity contribution in [2.75, 3.05) is 26.2 Å². The van der Waals surface area contributed by atoms with E-state index >= 15 is 0 Å². The summed E-state index contributed by atoms with van der Waals surface area (Å²) in [6.45, 7) is 2.84. The molecule has 0 radical (unpaired) electrons. The Labute approximate surface area is 196 Å². The van der Waals surface area contributed by atoms with E-state index in [4.69, 9.17) is 9.47 Å². The number of β-amino-alcohol motifs (C(OH)–C–C–N with tert-alkyl or cyclic N) is 1. The Balaban J connectivity index is 1.16. The molecule has 0 saturated carbocycles. The average Bonchev–Trinajstić information content (AvgIpc) is 2.85. The topological polar surface area (TPSA) is 62.2 Å². The smallest absolute Gasteiger partial charge is 0.120 e. The van der Waals surface area contributed by atoms with E-state index in [1.165, 1.54) is 5.56 Å². The predicted molar refractivity (Wildman–Crippen MR) is 129 cm³/mol. The number of piperidine rings is 1. The maximum atomic E-state index is 10.9. The fraction of sp³-hybridized carbons (Fsp3) is 0.357. The molecule has 1 aliphatic rings. The molecule has 1 heterocycles. The quantitative estimate of drug-likeness (QED) is 0.491. The lowest BCUT2D eigenvalue weighted by molar-refractivity contribution is -0.0325. The van der Waals surface area contributed by atoms with Gasteiger partial charge in [-0.25, -0.2) is 0 Å². The number of nitrogens with zero attached hydrogens (tertiary/aromatic N) is 1. The van der Waals surface area contributed by atoms with Gasteiger partial charge in [0.15, 0.2) is 0 Å². The Hall–Kier alpha value is -2.86. The maximum absolute atomic E-state index is 10.9. The van der Waals surface area contributed by atoms with Gasteiger partial charge in [0, 0.05) is 26.1 Å². The fourth-order valence-corrected chi connectivity index (χ4v) is 4.22. The van der Waals surface area contributed by atoms with Crippen LogP contribution in [-0.2, 0) is 13.0 Å². The standard InChI is InChI=1S/C28H33NO4/c30-25(20-29-17-15-28(31,16-18-29)19-23-7-3-1-4-8-23)22-33-27-13-11-26(12-14-27)32-21-24-9-5-2-6-10-24/h1-14,25,30-31H,15-22H2/t25-/m0/s1. The highest BCUT2D eigenvalue weighted by Gasteiger charge is 2.32. The maximum Gasteiger partial charge on any atom is 0.120 e. The molecule has 0 bridgehead atoms. The van der Waals surface area contributed by atoms with Gasteiger partial charge in [-0.05, 0) is 48.2 Å². The SMILES string of the molecule is O[C@H](COc1ccc(OCc2ccccc2)cc1)CN1CCC(O)(Cc2ccccc2)CC1. The molecule has 5 nitrogen and oxygen atoms in total. The van der Waals surface area contributed by atoms with Gasteiger partial charge in [-0.1, -0.05) is 60.7 Å². The number of benzene rings is 3. The summed E-state index contributed by atoms with van der Waals surface area (Å²) in [6, 6.07) is 27.7. The summed E-state index contributed by atoms with van der Waals surface area (Å²) in [5.41, 5.74) is 1.62. The molecule has 2 N–H and O–H groups in total. The van der Waals surface area contributed by atoms with Crippen molar-refractivity contribution in [1.29, 1.82) is 0 Å². The van der Waals surface area contributed by atoms with Crippen LogP contribution in [0.2, 0.25) is 0 Å². The first-order valence-corrected chi connectivity index (χ1v) is 11.6. The van der Waals surface area contributed by atoms with E-state index in [-0.39, 0.29) is 6.61 Å². The largest absolute Gasteiger partial charge is 0.491 e. The minimum Gasteiger partial charge on any atom is -0.491 e. The molecule has 0 aliphatic carbocycles. The molecule has 0 spiro atoms. The zero-order valence-electron chi connectivity index (χ0n) is 19.0. The van der Waals surface area contributed by atoms with E-state index in [9.17, 15) is 10.2 Å². The summed E-state index contributed by atoms with van der Waals surface area (Å²) < 4.78 is 11.6. The minimum atomic E-state index is -0.663. The number of ether oxygens (including phenoxy) is 2. The average molecular weight is 448 g/mol. The first-order valence-electron chi connectivity index (χ1n) is 11.6. The van der Waals surface area contributed by atoms with Crippen molar-refractivity contribution in [3.8, 4) is 11.5 Å². The Bertz CT molecular complexity index is 954. The number of aliphatic hydroxyl groups excluding tert-OH is 1. The monoisotopic (exact) mass is 447 g/mol. The van der Waals surface area contributed by atoms with E-state index in [1.807, 2.05) is 72.8 Å². The van der Waals surface area contributed by atoms with Gasteiger partial charge in [0.05, 0.1) is 5.60 Å². The second-order valence-corrected chi connectivity index (χ2v) is 8.90. The Morgan fingerprint density at radius 3 is 1.91 bits per heavy atom. The molecule has 174 valence electrons. The van der Waals surface area contributed by atoms with Gasteiger partial charge in [-0.3, -0.25) is 0 Å². The molecule has 5 heteroatoms. The number of hydrogen-bond donors (Lipinski definition) is 2. The van der Waals surface area contributed by atoms with Gasteiger partial charge in [0.1, 0.15) is 30.8 Å². The molecule has 1 atom stereocenters. The number of rotatable bonds is 10. The second-order valence-electron chi connectivity index (χ2n) is 8.90. The van der Waals surface area contributed by atoms with Gasteiger partial charge in [-0.15, -0.1) is 0 Å². The summed E-state index contributed by atoms with van der Waals surface area (Å²) >= 11 is 0. The van der Waals surface area contributed by atoms with Crippen LogP contribution in [0.3, 0.4) is 0 Å². The Kier molecular flexibility index (Phi) is 8.00. The van der Waals surface area contributed by atoms with Crippen LogP contribution in [0.15, 0.2) is 84.9 Å². The predicted octanol–water partition coefficient (Wildman–Crippen LogP) is 4.07. The zero-order valence-corrected chi connectivity index (χ0v) is 19.0. The third kappa shape index (κ3) is 7.32. The van der Waals surface area contributed by atoms with Crippen LogP contribution in [-0.4, -0.2) is 53.1 Å². The third-order valence-electron chi connectivity index (χ3n) is 6.15. The van der Waals surface area contributed by atoms with Crippen LogP contribution in [0.25, 0.3) is 0 Å². The first kappa shape index (κ1) is 23.3. The lowest BCUT2D eigenvalue weighted by atomic mass is 9.85. The van der Waals surface area contributed by atoms with Crippen molar-refractivity contribution in [1.82, 2.24) is 4.90 Å². The molecule has 3 aromatic rings. The molecule has 1 aliphatic heterocycles. The molecule has 33 heavy (non-hydrogen) atoms. The molecule has 1 saturated heterocycles. The summed E-state index contributed by atoms with van der Waals surface area (Å²) in [5, 5.41) is 21.4. The molecule has 0 aromatic heterocycles. The summed E-state index contributed by atoms with van der Waals surface area (Å²) in [6.07, 6.45) is 1.51. The molecule has 0 unspecified atom stereocenters. The first-order chi connectivity index (χ1) is 16.1. The minimum absolute atomic E-state index is 0.231. The van der Waals surface area contributed by atoms with Gasteiger partial charge >= 0.3 is 0 Å². The summed E-state index contributed by atoms with van der Waals surface area (Å²) in [7, 11) is 0. The zero-order chi connectivity index (χ0) is 22.9. The summed E-state index contributed by atoms with van der Waals surface area (Å²) in [5.74, 6) is 1.49. The normalized spacial score (nSPS) is 16.8. The highest BCUT2D eigenvalue weighted by molar-refractivity contribution is 5.31. The highest BCUT2D eigenvalue weighted by atomic mass is 16.5. The van der Waals surface area contributed by atoms with Crippen molar-refractivity contribution in [2.45, 2.75) is 37.6 Å². The number of hydrogen-bond acceptors (Lipinski definition) is 5. The van der Waals surface area contributed by atoms with Crippen LogP contribution < -0.4 is 9.47 Å². The van der Waals surface area contributed by atoms with Crippen LogP contribution in [0, 0.1) is 0 Å². The van der Waals surface area contributed by atoms with Crippen molar-refractivity contribution >= 4 is 0 Å². The summed E-state index contributed by atoms with van der Waals surface area (Å²) in [4.78, 5) is 2.20. The van der Waals surface area contributed by atoms with Gasteiger partial charge < -0.3 is 24.6 Å². The third-order valence-corrected chi connectivity index (χ3v) is 6.15. The van der Waals surface area contributed by atoms with E-state index in [2.05, 4.69) is 17.0 Å². The highest BCUT2D eigenvalue weighted by Crippen LogP contribution is 2.26. The van der Waals surface area contributed by atoms with Crippen LogP contribution in [0.1, 0.15) is 24.0 Å². The lowest BCUT2D eigenvalue weighted by Crippen LogP contribution is -2.48. The number of likely N-dealkylation sites (tertiary alicyclic amines) is 1. The van der Waals surface area contributed by atoms with Crippen molar-refractivity contribution in [3.63, 3.8) is 0 Å². The molecule has 3 aromatic carbocycles. The van der Waals surface area contributed by atoms with E-state index in [0.29, 0.717) is 38.2 Å². The molecule has 0 amide bonds. The van der Waals surface area contributed by atoms with Gasteiger partial charge in [0.25, 0.3) is 0 Å². The molecular weight excluding hydrogens is 414 g/mol.